The topological polar surface area (TPSA) is 73.9 Å². The van der Waals surface area contributed by atoms with Gasteiger partial charge in [0.05, 0.1) is 23.4 Å². The minimum atomic E-state index is -4.63. The number of nitrogens with one attached hydrogen (secondary N) is 1. The molecule has 2 aromatic carbocycles. The number of halogens is 4. The summed E-state index contributed by atoms with van der Waals surface area (Å²) in [7, 11) is 1.42. The van der Waals surface area contributed by atoms with Gasteiger partial charge in [0.1, 0.15) is 18.2 Å². The van der Waals surface area contributed by atoms with E-state index >= 15 is 0 Å². The summed E-state index contributed by atoms with van der Waals surface area (Å²) in [6, 6.07) is 7.02. The van der Waals surface area contributed by atoms with Crippen molar-refractivity contribution in [1.29, 1.82) is 0 Å². The van der Waals surface area contributed by atoms with Gasteiger partial charge < -0.3 is 19.5 Å². The molecular formula is C19H17F4NO5. The maximum absolute atomic E-state index is 12.9. The lowest BCUT2D eigenvalue weighted by Crippen LogP contribution is -2.22. The maximum atomic E-state index is 12.9. The van der Waals surface area contributed by atoms with Crippen LogP contribution in [-0.2, 0) is 20.4 Å². The molecule has 0 aliphatic carbocycles. The Hall–Kier alpha value is -3.14. The SMILES string of the molecule is COCCOc1ccc(C(F)(F)F)cc1NC(=O)COC(=O)c1ccc(F)cc1. The summed E-state index contributed by atoms with van der Waals surface area (Å²) in [5, 5.41) is 2.22. The fourth-order valence-electron chi connectivity index (χ4n) is 2.15. The molecule has 2 aromatic rings. The Morgan fingerprint density at radius 1 is 1.03 bits per heavy atom. The van der Waals surface area contributed by atoms with E-state index in [9.17, 15) is 27.2 Å². The van der Waals surface area contributed by atoms with Crippen LogP contribution in [0.2, 0.25) is 0 Å². The van der Waals surface area contributed by atoms with Crippen molar-refractivity contribution >= 4 is 17.6 Å². The van der Waals surface area contributed by atoms with Crippen LogP contribution in [0, 0.1) is 5.82 Å². The Kier molecular flexibility index (Phi) is 7.54. The summed E-state index contributed by atoms with van der Waals surface area (Å²) < 4.78 is 66.6. The second-order valence-corrected chi connectivity index (χ2v) is 5.68. The first kappa shape index (κ1) is 22.2. The van der Waals surface area contributed by atoms with Gasteiger partial charge in [-0.3, -0.25) is 4.79 Å². The number of hydrogen-bond donors (Lipinski definition) is 1. The minimum absolute atomic E-state index is 0.00624. The van der Waals surface area contributed by atoms with E-state index in [0.29, 0.717) is 6.07 Å². The maximum Gasteiger partial charge on any atom is 0.416 e. The Bertz CT molecular complexity index is 853. The lowest BCUT2D eigenvalue weighted by atomic mass is 10.1. The van der Waals surface area contributed by atoms with Crippen LogP contribution in [0.5, 0.6) is 5.75 Å². The van der Waals surface area contributed by atoms with E-state index < -0.39 is 36.0 Å². The second kappa shape index (κ2) is 9.87. The predicted molar refractivity (Wildman–Crippen MR) is 94.1 cm³/mol. The van der Waals surface area contributed by atoms with E-state index in [2.05, 4.69) is 5.32 Å². The third-order valence-electron chi connectivity index (χ3n) is 3.54. The van der Waals surface area contributed by atoms with E-state index in [-0.39, 0.29) is 30.2 Å². The van der Waals surface area contributed by atoms with Crippen LogP contribution in [0.25, 0.3) is 0 Å². The highest BCUT2D eigenvalue weighted by Crippen LogP contribution is 2.35. The molecule has 0 spiro atoms. The molecule has 0 saturated carbocycles. The fourth-order valence-corrected chi connectivity index (χ4v) is 2.15. The van der Waals surface area contributed by atoms with Crippen molar-refractivity contribution < 1.29 is 41.4 Å². The van der Waals surface area contributed by atoms with Crippen molar-refractivity contribution in [2.75, 3.05) is 32.2 Å². The van der Waals surface area contributed by atoms with Gasteiger partial charge in [-0.1, -0.05) is 0 Å². The summed E-state index contributed by atoms with van der Waals surface area (Å²) in [6.45, 7) is -0.530. The first-order chi connectivity index (χ1) is 13.7. The van der Waals surface area contributed by atoms with Gasteiger partial charge in [-0.05, 0) is 42.5 Å². The quantitative estimate of drug-likeness (QED) is 0.405. The largest absolute Gasteiger partial charge is 0.489 e. The normalized spacial score (nSPS) is 11.1. The van der Waals surface area contributed by atoms with Gasteiger partial charge in [-0.2, -0.15) is 13.2 Å². The van der Waals surface area contributed by atoms with Crippen LogP contribution in [-0.4, -0.2) is 38.8 Å². The lowest BCUT2D eigenvalue weighted by molar-refractivity contribution is -0.137. The number of esters is 1. The highest BCUT2D eigenvalue weighted by atomic mass is 19.4. The van der Waals surface area contributed by atoms with Crippen molar-refractivity contribution in [2.45, 2.75) is 6.18 Å². The number of amides is 1. The van der Waals surface area contributed by atoms with E-state index in [1.807, 2.05) is 0 Å². The zero-order valence-corrected chi connectivity index (χ0v) is 15.2. The first-order valence-corrected chi connectivity index (χ1v) is 8.26. The molecule has 0 fully saturated rings. The predicted octanol–water partition coefficient (Wildman–Crippen LogP) is 3.67. The number of benzene rings is 2. The Morgan fingerprint density at radius 2 is 1.72 bits per heavy atom. The number of carbonyl (C=O) groups is 2. The van der Waals surface area contributed by atoms with Crippen LogP contribution in [0.1, 0.15) is 15.9 Å². The van der Waals surface area contributed by atoms with Crippen molar-refractivity contribution in [3.63, 3.8) is 0 Å². The summed E-state index contributed by atoms with van der Waals surface area (Å²) in [5.74, 6) is -2.32. The molecule has 0 saturated heterocycles. The van der Waals surface area contributed by atoms with Gasteiger partial charge in [0, 0.05) is 7.11 Å². The van der Waals surface area contributed by atoms with E-state index in [1.54, 1.807) is 0 Å². The highest BCUT2D eigenvalue weighted by Gasteiger charge is 2.31. The number of alkyl halides is 3. The van der Waals surface area contributed by atoms with Gasteiger partial charge in [0.2, 0.25) is 0 Å². The molecular weight excluding hydrogens is 398 g/mol. The van der Waals surface area contributed by atoms with E-state index in [0.717, 1.165) is 24.3 Å². The van der Waals surface area contributed by atoms with Crippen LogP contribution in [0.3, 0.4) is 0 Å². The number of hydrogen-bond acceptors (Lipinski definition) is 5. The standard InChI is InChI=1S/C19H17F4NO5/c1-27-8-9-28-16-7-4-13(19(21,22)23)10-15(16)24-17(25)11-29-18(26)12-2-5-14(20)6-3-12/h2-7,10H,8-9,11H2,1H3,(H,24,25). The van der Waals surface area contributed by atoms with Crippen molar-refractivity contribution in [2.24, 2.45) is 0 Å². The van der Waals surface area contributed by atoms with Gasteiger partial charge in [0.25, 0.3) is 5.91 Å². The van der Waals surface area contributed by atoms with Crippen LogP contribution in [0.4, 0.5) is 23.2 Å². The fraction of sp³-hybridized carbons (Fsp3) is 0.263. The molecule has 0 bridgehead atoms. The smallest absolute Gasteiger partial charge is 0.416 e. The average Bonchev–Trinajstić information content (AvgIpc) is 2.67. The molecule has 6 nitrogen and oxygen atoms in total. The highest BCUT2D eigenvalue weighted by molar-refractivity contribution is 5.96. The molecule has 1 amide bonds. The number of carbonyl (C=O) groups excluding carboxylic acids is 2. The molecule has 2 rings (SSSR count). The molecule has 156 valence electrons. The summed E-state index contributed by atoms with van der Waals surface area (Å²) in [4.78, 5) is 23.9. The Morgan fingerprint density at radius 3 is 2.34 bits per heavy atom. The second-order valence-electron chi connectivity index (χ2n) is 5.68. The first-order valence-electron chi connectivity index (χ1n) is 8.26. The Balaban J connectivity index is 2.06. The summed E-state index contributed by atoms with van der Waals surface area (Å²) >= 11 is 0. The molecule has 0 heterocycles. The van der Waals surface area contributed by atoms with Gasteiger partial charge >= 0.3 is 12.1 Å². The minimum Gasteiger partial charge on any atom is -0.489 e. The molecule has 29 heavy (non-hydrogen) atoms. The molecule has 0 unspecified atom stereocenters. The number of ether oxygens (including phenoxy) is 3. The molecule has 0 aliphatic rings. The van der Waals surface area contributed by atoms with Crippen molar-refractivity contribution in [3.8, 4) is 5.75 Å². The molecule has 0 atom stereocenters. The van der Waals surface area contributed by atoms with Gasteiger partial charge in [-0.25, -0.2) is 9.18 Å². The molecule has 0 aromatic heterocycles. The van der Waals surface area contributed by atoms with Crippen molar-refractivity contribution in [3.05, 3.63) is 59.4 Å². The number of methoxy groups -OCH3 is 1. The average molecular weight is 415 g/mol. The zero-order chi connectivity index (χ0) is 21.4. The summed E-state index contributed by atoms with van der Waals surface area (Å²) in [5.41, 5.74) is -1.21. The number of rotatable bonds is 8. The van der Waals surface area contributed by atoms with Gasteiger partial charge in [0.15, 0.2) is 6.61 Å². The van der Waals surface area contributed by atoms with E-state index in [1.165, 1.54) is 19.2 Å². The molecule has 1 N–H and O–H groups in total. The van der Waals surface area contributed by atoms with Crippen LogP contribution in [0.15, 0.2) is 42.5 Å². The number of anilines is 1. The van der Waals surface area contributed by atoms with E-state index in [4.69, 9.17) is 14.2 Å². The zero-order valence-electron chi connectivity index (χ0n) is 15.2. The monoisotopic (exact) mass is 415 g/mol. The molecule has 0 aliphatic heterocycles. The third kappa shape index (κ3) is 6.75. The Labute approximate surface area is 163 Å². The van der Waals surface area contributed by atoms with Crippen LogP contribution >= 0.6 is 0 Å². The third-order valence-corrected chi connectivity index (χ3v) is 3.54. The molecule has 0 radical (unpaired) electrons. The van der Waals surface area contributed by atoms with Crippen molar-refractivity contribution in [1.82, 2.24) is 0 Å². The van der Waals surface area contributed by atoms with Gasteiger partial charge in [-0.15, -0.1) is 0 Å². The lowest BCUT2D eigenvalue weighted by Gasteiger charge is -2.15. The van der Waals surface area contributed by atoms with Crippen LogP contribution < -0.4 is 10.1 Å². The molecule has 10 heteroatoms. The summed E-state index contributed by atoms with van der Waals surface area (Å²) in [6.07, 6.45) is -4.63.